The summed E-state index contributed by atoms with van der Waals surface area (Å²) in [7, 11) is 3.33. The number of piperazine rings is 1. The maximum Gasteiger partial charge on any atom is 0.200 e. The Kier molecular flexibility index (Phi) is 8.55. The Balaban J connectivity index is 0.972. The van der Waals surface area contributed by atoms with Crippen LogP contribution in [0.1, 0.15) is 12.1 Å². The van der Waals surface area contributed by atoms with Crippen molar-refractivity contribution in [1.29, 1.82) is 0 Å². The molecule has 0 N–H and O–H groups in total. The number of methoxy groups -OCH3 is 2. The first-order valence-electron chi connectivity index (χ1n) is 14.4. The molecule has 3 aromatic carbocycles. The average Bonchev–Trinajstić information content (AvgIpc) is 3.50. The number of hydrogen-bond acceptors (Lipinski definition) is 9. The van der Waals surface area contributed by atoms with Crippen LogP contribution in [-0.4, -0.2) is 66.9 Å². The van der Waals surface area contributed by atoms with E-state index >= 15 is 0 Å². The molecule has 222 valence electrons. The van der Waals surface area contributed by atoms with Crippen molar-refractivity contribution in [2.75, 3.05) is 51.9 Å². The van der Waals surface area contributed by atoms with Gasteiger partial charge in [0, 0.05) is 58.0 Å². The minimum atomic E-state index is -0.0849. The Morgan fingerprint density at radius 2 is 1.70 bits per heavy atom. The number of hydrogen-bond donors (Lipinski definition) is 0. The maximum atomic E-state index is 13.1. The second-order valence-electron chi connectivity index (χ2n) is 10.5. The lowest BCUT2D eigenvalue weighted by Crippen LogP contribution is -2.46. The number of anilines is 1. The molecule has 5 aromatic rings. The molecule has 1 saturated heterocycles. The third kappa shape index (κ3) is 6.49. The molecular weight excluding hydrogens is 546 g/mol. The molecule has 43 heavy (non-hydrogen) atoms. The summed E-state index contributed by atoms with van der Waals surface area (Å²) in [5.41, 5.74) is 3.80. The minimum Gasteiger partial charge on any atom is -0.497 e. The highest BCUT2D eigenvalue weighted by molar-refractivity contribution is 5.82. The summed E-state index contributed by atoms with van der Waals surface area (Å²) in [4.78, 5) is 17.9. The van der Waals surface area contributed by atoms with Gasteiger partial charge < -0.3 is 23.5 Å². The second-order valence-corrected chi connectivity index (χ2v) is 10.5. The lowest BCUT2D eigenvalue weighted by molar-refractivity contribution is 0.246. The summed E-state index contributed by atoms with van der Waals surface area (Å²) in [6, 6.07) is 20.8. The van der Waals surface area contributed by atoms with Gasteiger partial charge in [0.2, 0.25) is 0 Å². The van der Waals surface area contributed by atoms with Crippen molar-refractivity contribution >= 4 is 16.7 Å². The van der Waals surface area contributed by atoms with Gasteiger partial charge in [-0.25, -0.2) is 0 Å². The number of aryl methyl sites for hydroxylation is 1. The topological polar surface area (TPSA) is 95.1 Å². The summed E-state index contributed by atoms with van der Waals surface area (Å²) >= 11 is 0. The van der Waals surface area contributed by atoms with E-state index in [0.29, 0.717) is 35.4 Å². The molecule has 0 amide bonds. The standard InChI is InChI=1S/C33H35N5O5/c1-40-26-10-8-24(9-11-26)29-23-43-32-20-27(12-13-28(32)33(29)39)42-19-5-14-38-22-25(34-35-38)21-36-15-17-37(18-16-36)30-6-3-4-7-31(30)41-2/h3-4,6-13,20,22-23H,5,14-19,21H2,1-2H3. The van der Waals surface area contributed by atoms with E-state index in [9.17, 15) is 4.79 Å². The number of nitrogens with zero attached hydrogens (tertiary/aromatic N) is 5. The summed E-state index contributed by atoms with van der Waals surface area (Å²) in [6.07, 6.45) is 4.27. The lowest BCUT2D eigenvalue weighted by Gasteiger charge is -2.36. The number of para-hydroxylation sites is 2. The highest BCUT2D eigenvalue weighted by atomic mass is 16.5. The summed E-state index contributed by atoms with van der Waals surface area (Å²) < 4.78 is 24.4. The first-order valence-corrected chi connectivity index (χ1v) is 14.4. The van der Waals surface area contributed by atoms with Gasteiger partial charge >= 0.3 is 0 Å². The van der Waals surface area contributed by atoms with Gasteiger partial charge in [-0.15, -0.1) is 5.10 Å². The summed E-state index contributed by atoms with van der Waals surface area (Å²) in [5.74, 6) is 2.30. The molecule has 1 fully saturated rings. The molecule has 2 aromatic heterocycles. The molecule has 0 spiro atoms. The molecule has 0 unspecified atom stereocenters. The molecule has 0 bridgehead atoms. The molecule has 6 rings (SSSR count). The van der Waals surface area contributed by atoms with Crippen molar-refractivity contribution in [3.8, 4) is 28.4 Å². The Morgan fingerprint density at radius 3 is 2.49 bits per heavy atom. The molecular formula is C33H35N5O5. The van der Waals surface area contributed by atoms with Crippen molar-refractivity contribution in [2.45, 2.75) is 19.5 Å². The Morgan fingerprint density at radius 1 is 0.907 bits per heavy atom. The smallest absolute Gasteiger partial charge is 0.200 e. The van der Waals surface area contributed by atoms with Crippen LogP contribution in [0.25, 0.3) is 22.1 Å². The average molecular weight is 582 g/mol. The number of aromatic nitrogens is 3. The van der Waals surface area contributed by atoms with E-state index in [0.717, 1.165) is 67.6 Å². The fourth-order valence-corrected chi connectivity index (χ4v) is 5.37. The minimum absolute atomic E-state index is 0.0849. The zero-order valence-corrected chi connectivity index (χ0v) is 24.4. The van der Waals surface area contributed by atoms with Gasteiger partial charge in [0.05, 0.1) is 43.2 Å². The predicted octanol–water partition coefficient (Wildman–Crippen LogP) is 4.86. The van der Waals surface area contributed by atoms with E-state index in [4.69, 9.17) is 18.6 Å². The van der Waals surface area contributed by atoms with Gasteiger partial charge in [-0.3, -0.25) is 14.4 Å². The monoisotopic (exact) mass is 581 g/mol. The van der Waals surface area contributed by atoms with E-state index in [-0.39, 0.29) is 5.43 Å². The van der Waals surface area contributed by atoms with Crippen LogP contribution in [0.3, 0.4) is 0 Å². The van der Waals surface area contributed by atoms with Crippen LogP contribution in [0.5, 0.6) is 17.2 Å². The van der Waals surface area contributed by atoms with Gasteiger partial charge in [-0.1, -0.05) is 29.5 Å². The number of rotatable bonds is 11. The van der Waals surface area contributed by atoms with E-state index in [2.05, 4.69) is 26.2 Å². The fourth-order valence-electron chi connectivity index (χ4n) is 5.37. The van der Waals surface area contributed by atoms with Gasteiger partial charge in [0.25, 0.3) is 0 Å². The zero-order chi connectivity index (χ0) is 29.6. The lowest BCUT2D eigenvalue weighted by atomic mass is 10.1. The largest absolute Gasteiger partial charge is 0.497 e. The van der Waals surface area contributed by atoms with Gasteiger partial charge in [0.1, 0.15) is 29.1 Å². The van der Waals surface area contributed by atoms with Crippen LogP contribution in [0, 0.1) is 0 Å². The zero-order valence-electron chi connectivity index (χ0n) is 24.4. The van der Waals surface area contributed by atoms with Crippen LogP contribution >= 0.6 is 0 Å². The first kappa shape index (κ1) is 28.3. The van der Waals surface area contributed by atoms with Crippen molar-refractivity contribution in [3.05, 3.63) is 95.1 Å². The predicted molar refractivity (Wildman–Crippen MR) is 165 cm³/mol. The highest BCUT2D eigenvalue weighted by Gasteiger charge is 2.20. The van der Waals surface area contributed by atoms with Crippen LogP contribution in [0.2, 0.25) is 0 Å². The summed E-state index contributed by atoms with van der Waals surface area (Å²) in [5, 5.41) is 9.20. The Labute approximate surface area is 250 Å². The van der Waals surface area contributed by atoms with Crippen LogP contribution in [0.4, 0.5) is 5.69 Å². The van der Waals surface area contributed by atoms with E-state index in [1.807, 2.05) is 53.3 Å². The first-order chi connectivity index (χ1) is 21.1. The molecule has 3 heterocycles. The number of fused-ring (bicyclic) bond motifs is 1. The molecule has 1 aliphatic heterocycles. The van der Waals surface area contributed by atoms with Crippen molar-refractivity contribution in [1.82, 2.24) is 19.9 Å². The number of benzene rings is 3. The third-order valence-corrected chi connectivity index (χ3v) is 7.72. The fraction of sp³-hybridized carbons (Fsp3) is 0.303. The third-order valence-electron chi connectivity index (χ3n) is 7.72. The summed E-state index contributed by atoms with van der Waals surface area (Å²) in [6.45, 7) is 5.75. The van der Waals surface area contributed by atoms with Crippen LogP contribution in [0.15, 0.2) is 88.4 Å². The maximum absolute atomic E-state index is 13.1. The van der Waals surface area contributed by atoms with Crippen molar-refractivity contribution < 1.29 is 18.6 Å². The van der Waals surface area contributed by atoms with E-state index < -0.39 is 0 Å². The molecule has 1 aliphatic rings. The van der Waals surface area contributed by atoms with Gasteiger partial charge in [-0.05, 0) is 42.0 Å². The molecule has 0 saturated carbocycles. The van der Waals surface area contributed by atoms with Crippen LogP contribution < -0.4 is 24.5 Å². The molecule has 0 aliphatic carbocycles. The quantitative estimate of drug-likeness (QED) is 0.203. The molecule has 10 nitrogen and oxygen atoms in total. The van der Waals surface area contributed by atoms with Gasteiger partial charge in [0.15, 0.2) is 5.43 Å². The normalized spacial score (nSPS) is 13.8. The van der Waals surface area contributed by atoms with Crippen LogP contribution in [-0.2, 0) is 13.1 Å². The second kappa shape index (κ2) is 13.0. The molecule has 10 heteroatoms. The SMILES string of the molecule is COc1ccc(-c2coc3cc(OCCCn4cc(CN5CCN(c6ccccc6OC)CC5)nn4)ccc3c2=O)cc1. The highest BCUT2D eigenvalue weighted by Crippen LogP contribution is 2.29. The van der Waals surface area contributed by atoms with E-state index in [1.165, 1.54) is 6.26 Å². The van der Waals surface area contributed by atoms with Crippen molar-refractivity contribution in [3.63, 3.8) is 0 Å². The van der Waals surface area contributed by atoms with E-state index in [1.54, 1.807) is 32.4 Å². The Hall–Kier alpha value is -4.83. The molecule has 0 radical (unpaired) electrons. The molecule has 0 atom stereocenters. The Bertz CT molecular complexity index is 1720. The van der Waals surface area contributed by atoms with Crippen molar-refractivity contribution in [2.24, 2.45) is 0 Å². The van der Waals surface area contributed by atoms with Gasteiger partial charge in [-0.2, -0.15) is 0 Å². The number of ether oxygens (including phenoxy) is 3.